The Morgan fingerprint density at radius 3 is 2.50 bits per heavy atom. The van der Waals surface area contributed by atoms with Gasteiger partial charge >= 0.3 is 0 Å². The Hall–Kier alpha value is -1.55. The number of anilines is 1. The highest BCUT2D eigenvalue weighted by Gasteiger charge is 2.23. The van der Waals surface area contributed by atoms with Gasteiger partial charge in [0.25, 0.3) is 0 Å². The van der Waals surface area contributed by atoms with E-state index in [1.54, 1.807) is 18.2 Å². The molecule has 0 fully saturated rings. The second kappa shape index (κ2) is 8.52. The molecule has 0 aliphatic carbocycles. The normalized spacial score (nSPS) is 13.4. The molecular weight excluding hydrogens is 345 g/mol. The summed E-state index contributed by atoms with van der Waals surface area (Å²) < 4.78 is 0. The lowest BCUT2D eigenvalue weighted by molar-refractivity contribution is -0.114. The van der Waals surface area contributed by atoms with Crippen molar-refractivity contribution in [2.45, 2.75) is 38.7 Å². The number of amides is 1. The van der Waals surface area contributed by atoms with Gasteiger partial charge in [0.2, 0.25) is 5.91 Å². The SMILES string of the molecule is CCC[C@@H](c1ccc(Cl)c(Cl)c1)[C@H](O)c1cccc(NC(C)=O)c1. The third-order valence-electron chi connectivity index (χ3n) is 3.90. The zero-order chi connectivity index (χ0) is 17.7. The number of carbonyl (C=O) groups excluding carboxylic acids is 1. The van der Waals surface area contributed by atoms with Crippen molar-refractivity contribution in [1.29, 1.82) is 0 Å². The second-order valence-corrected chi connectivity index (χ2v) is 6.63. The maximum Gasteiger partial charge on any atom is 0.221 e. The lowest BCUT2D eigenvalue weighted by atomic mass is 9.86. The standard InChI is InChI=1S/C19H21Cl2NO2/c1-3-5-16(13-8-9-17(20)18(21)11-13)19(24)14-6-4-7-15(10-14)22-12(2)23/h4,6-11,16,19,24H,3,5H2,1-2H3,(H,22,23)/t16-,19+/m0/s1. The van der Waals surface area contributed by atoms with Crippen LogP contribution in [0.2, 0.25) is 10.0 Å². The molecule has 0 saturated heterocycles. The molecule has 2 aromatic carbocycles. The monoisotopic (exact) mass is 365 g/mol. The largest absolute Gasteiger partial charge is 0.388 e. The van der Waals surface area contributed by atoms with Crippen LogP contribution in [0.1, 0.15) is 49.8 Å². The third kappa shape index (κ3) is 4.73. The molecule has 0 bridgehead atoms. The van der Waals surface area contributed by atoms with E-state index in [4.69, 9.17) is 23.2 Å². The third-order valence-corrected chi connectivity index (χ3v) is 4.64. The van der Waals surface area contributed by atoms with Crippen LogP contribution in [0, 0.1) is 0 Å². The maximum absolute atomic E-state index is 11.2. The number of hydrogen-bond donors (Lipinski definition) is 2. The van der Waals surface area contributed by atoms with Crippen molar-refractivity contribution >= 4 is 34.8 Å². The molecule has 3 nitrogen and oxygen atoms in total. The number of benzene rings is 2. The Labute approximate surface area is 152 Å². The first-order valence-electron chi connectivity index (χ1n) is 7.93. The molecule has 0 aliphatic heterocycles. The Bertz CT molecular complexity index is 718. The van der Waals surface area contributed by atoms with Gasteiger partial charge in [-0.25, -0.2) is 0 Å². The van der Waals surface area contributed by atoms with Crippen LogP contribution in [0.25, 0.3) is 0 Å². The number of aliphatic hydroxyl groups excluding tert-OH is 1. The predicted molar refractivity (Wildman–Crippen MR) is 99.8 cm³/mol. The number of hydrogen-bond acceptors (Lipinski definition) is 2. The van der Waals surface area contributed by atoms with Gasteiger partial charge in [-0.05, 0) is 41.8 Å². The van der Waals surface area contributed by atoms with Crippen LogP contribution in [0.3, 0.4) is 0 Å². The van der Waals surface area contributed by atoms with E-state index in [2.05, 4.69) is 12.2 Å². The first-order chi connectivity index (χ1) is 11.4. The zero-order valence-electron chi connectivity index (χ0n) is 13.7. The molecule has 2 rings (SSSR count). The van der Waals surface area contributed by atoms with Crippen molar-refractivity contribution in [2.75, 3.05) is 5.32 Å². The zero-order valence-corrected chi connectivity index (χ0v) is 15.2. The molecular formula is C19H21Cl2NO2. The van der Waals surface area contributed by atoms with E-state index in [0.29, 0.717) is 15.7 Å². The van der Waals surface area contributed by atoms with Gasteiger partial charge in [-0.1, -0.05) is 54.7 Å². The molecule has 2 atom stereocenters. The fourth-order valence-electron chi connectivity index (χ4n) is 2.80. The minimum Gasteiger partial charge on any atom is -0.388 e. The van der Waals surface area contributed by atoms with Crippen molar-refractivity contribution < 1.29 is 9.90 Å². The molecule has 0 heterocycles. The summed E-state index contributed by atoms with van der Waals surface area (Å²) in [5.74, 6) is -0.242. The lowest BCUT2D eigenvalue weighted by Crippen LogP contribution is -2.12. The number of rotatable bonds is 6. The van der Waals surface area contributed by atoms with Crippen LogP contribution in [0.5, 0.6) is 0 Å². The summed E-state index contributed by atoms with van der Waals surface area (Å²) in [5.41, 5.74) is 2.37. The topological polar surface area (TPSA) is 49.3 Å². The molecule has 0 spiro atoms. The Kier molecular flexibility index (Phi) is 6.67. The lowest BCUT2D eigenvalue weighted by Gasteiger charge is -2.24. The highest BCUT2D eigenvalue weighted by molar-refractivity contribution is 6.42. The highest BCUT2D eigenvalue weighted by atomic mass is 35.5. The van der Waals surface area contributed by atoms with E-state index in [-0.39, 0.29) is 11.8 Å². The molecule has 24 heavy (non-hydrogen) atoms. The quantitative estimate of drug-likeness (QED) is 0.702. The van der Waals surface area contributed by atoms with Crippen LogP contribution >= 0.6 is 23.2 Å². The summed E-state index contributed by atoms with van der Waals surface area (Å²) in [6, 6.07) is 12.7. The van der Waals surface area contributed by atoms with Gasteiger partial charge in [0.15, 0.2) is 0 Å². The van der Waals surface area contributed by atoms with Crippen molar-refractivity contribution in [3.63, 3.8) is 0 Å². The minimum atomic E-state index is -0.698. The summed E-state index contributed by atoms with van der Waals surface area (Å²) in [4.78, 5) is 11.2. The predicted octanol–water partition coefficient (Wildman–Crippen LogP) is 5.57. The van der Waals surface area contributed by atoms with Gasteiger partial charge in [-0.3, -0.25) is 4.79 Å². The first kappa shape index (κ1) is 18.8. The van der Waals surface area contributed by atoms with Gasteiger partial charge in [0.05, 0.1) is 16.1 Å². The van der Waals surface area contributed by atoms with Gasteiger partial charge in [0, 0.05) is 18.5 Å². The van der Waals surface area contributed by atoms with Gasteiger partial charge in [-0.2, -0.15) is 0 Å². The molecule has 0 radical (unpaired) electrons. The molecule has 0 aliphatic rings. The number of aliphatic hydroxyl groups is 1. The van der Waals surface area contributed by atoms with E-state index in [1.807, 2.05) is 24.3 Å². The van der Waals surface area contributed by atoms with Gasteiger partial charge in [0.1, 0.15) is 0 Å². The summed E-state index contributed by atoms with van der Waals surface area (Å²) in [6.45, 7) is 3.53. The number of carbonyl (C=O) groups is 1. The first-order valence-corrected chi connectivity index (χ1v) is 8.68. The fraction of sp³-hybridized carbons (Fsp3) is 0.316. The average Bonchev–Trinajstić information content (AvgIpc) is 2.54. The Balaban J connectivity index is 2.33. The molecule has 0 saturated carbocycles. The maximum atomic E-state index is 11.2. The van der Waals surface area contributed by atoms with E-state index >= 15 is 0 Å². The second-order valence-electron chi connectivity index (χ2n) is 5.82. The molecule has 5 heteroatoms. The number of nitrogens with one attached hydrogen (secondary N) is 1. The molecule has 2 aromatic rings. The minimum absolute atomic E-state index is 0.0997. The summed E-state index contributed by atoms with van der Waals surface area (Å²) in [5, 5.41) is 14.6. The number of halogens is 2. The highest BCUT2D eigenvalue weighted by Crippen LogP contribution is 2.37. The van der Waals surface area contributed by atoms with E-state index in [9.17, 15) is 9.90 Å². The summed E-state index contributed by atoms with van der Waals surface area (Å²) in [6.07, 6.45) is 1.03. The molecule has 2 N–H and O–H groups in total. The van der Waals surface area contributed by atoms with E-state index in [0.717, 1.165) is 24.0 Å². The van der Waals surface area contributed by atoms with Crippen LogP contribution in [0.4, 0.5) is 5.69 Å². The van der Waals surface area contributed by atoms with E-state index in [1.165, 1.54) is 6.92 Å². The van der Waals surface area contributed by atoms with Crippen molar-refractivity contribution in [3.05, 3.63) is 63.6 Å². The van der Waals surface area contributed by atoms with Crippen LogP contribution < -0.4 is 5.32 Å². The summed E-state index contributed by atoms with van der Waals surface area (Å²) in [7, 11) is 0. The molecule has 128 valence electrons. The van der Waals surface area contributed by atoms with E-state index < -0.39 is 6.10 Å². The van der Waals surface area contributed by atoms with Crippen LogP contribution in [-0.2, 0) is 4.79 Å². The molecule has 1 amide bonds. The van der Waals surface area contributed by atoms with Crippen molar-refractivity contribution in [1.82, 2.24) is 0 Å². The smallest absolute Gasteiger partial charge is 0.221 e. The average molecular weight is 366 g/mol. The molecule has 0 unspecified atom stereocenters. The van der Waals surface area contributed by atoms with Gasteiger partial charge in [-0.15, -0.1) is 0 Å². The Morgan fingerprint density at radius 2 is 1.88 bits per heavy atom. The Morgan fingerprint density at radius 1 is 1.12 bits per heavy atom. The van der Waals surface area contributed by atoms with Crippen LogP contribution in [0.15, 0.2) is 42.5 Å². The summed E-state index contributed by atoms with van der Waals surface area (Å²) >= 11 is 12.1. The fourth-order valence-corrected chi connectivity index (χ4v) is 3.10. The van der Waals surface area contributed by atoms with Crippen LogP contribution in [-0.4, -0.2) is 11.0 Å². The van der Waals surface area contributed by atoms with Crippen molar-refractivity contribution in [3.8, 4) is 0 Å². The van der Waals surface area contributed by atoms with Gasteiger partial charge < -0.3 is 10.4 Å². The molecule has 0 aromatic heterocycles. The van der Waals surface area contributed by atoms with Crippen molar-refractivity contribution in [2.24, 2.45) is 0 Å².